The molecule has 0 aliphatic rings. The van der Waals surface area contributed by atoms with E-state index in [-0.39, 0.29) is 16.7 Å². The van der Waals surface area contributed by atoms with E-state index in [2.05, 4.69) is 5.32 Å². The van der Waals surface area contributed by atoms with Gasteiger partial charge >= 0.3 is 0 Å². The van der Waals surface area contributed by atoms with Gasteiger partial charge < -0.3 is 9.88 Å². The van der Waals surface area contributed by atoms with Gasteiger partial charge in [0.25, 0.3) is 5.69 Å². The summed E-state index contributed by atoms with van der Waals surface area (Å²) in [6, 6.07) is 8.73. The SMILES string of the molecule is CNC(C)c1cccn1Cc1cc(Cl)ccc1[N+](=O)[O-]. The Kier molecular flexibility index (Phi) is 4.42. The van der Waals surface area contributed by atoms with E-state index in [9.17, 15) is 10.1 Å². The number of hydrogen-bond donors (Lipinski definition) is 1. The fraction of sp³-hybridized carbons (Fsp3) is 0.286. The smallest absolute Gasteiger partial charge is 0.274 e. The Morgan fingerprint density at radius 3 is 2.85 bits per heavy atom. The van der Waals surface area contributed by atoms with Crippen molar-refractivity contribution < 1.29 is 4.92 Å². The minimum atomic E-state index is -0.379. The summed E-state index contributed by atoms with van der Waals surface area (Å²) in [5.74, 6) is 0. The zero-order valence-electron chi connectivity index (χ0n) is 11.3. The van der Waals surface area contributed by atoms with Crippen LogP contribution in [0.25, 0.3) is 0 Å². The third-order valence-corrected chi connectivity index (χ3v) is 3.56. The first-order valence-corrected chi connectivity index (χ1v) is 6.66. The van der Waals surface area contributed by atoms with Gasteiger partial charge in [0.15, 0.2) is 0 Å². The lowest BCUT2D eigenvalue weighted by molar-refractivity contribution is -0.385. The molecule has 0 fully saturated rings. The number of nitrogens with zero attached hydrogens (tertiary/aromatic N) is 2. The zero-order valence-corrected chi connectivity index (χ0v) is 12.1. The molecule has 1 atom stereocenters. The molecule has 0 bridgehead atoms. The third kappa shape index (κ3) is 3.00. The van der Waals surface area contributed by atoms with Crippen molar-refractivity contribution in [1.82, 2.24) is 9.88 Å². The topological polar surface area (TPSA) is 60.1 Å². The van der Waals surface area contributed by atoms with E-state index in [1.54, 1.807) is 6.07 Å². The number of rotatable bonds is 5. The summed E-state index contributed by atoms with van der Waals surface area (Å²) in [5.41, 5.74) is 1.76. The van der Waals surface area contributed by atoms with Crippen molar-refractivity contribution in [3.05, 3.63) is 62.9 Å². The van der Waals surface area contributed by atoms with Crippen LogP contribution in [0, 0.1) is 10.1 Å². The molecule has 5 nitrogen and oxygen atoms in total. The minimum Gasteiger partial charge on any atom is -0.345 e. The lowest BCUT2D eigenvalue weighted by Gasteiger charge is -2.15. The van der Waals surface area contributed by atoms with Crippen LogP contribution in [-0.4, -0.2) is 16.5 Å². The number of nitrogens with one attached hydrogen (secondary N) is 1. The summed E-state index contributed by atoms with van der Waals surface area (Å²) in [6.07, 6.45) is 1.91. The van der Waals surface area contributed by atoms with Crippen LogP contribution >= 0.6 is 11.6 Å². The molecule has 0 aliphatic carbocycles. The number of nitro benzene ring substituents is 1. The molecule has 0 saturated carbocycles. The molecule has 0 aliphatic heterocycles. The van der Waals surface area contributed by atoms with Crippen LogP contribution in [-0.2, 0) is 6.54 Å². The number of nitro groups is 1. The second kappa shape index (κ2) is 6.07. The number of aromatic nitrogens is 1. The minimum absolute atomic E-state index is 0.0890. The Labute approximate surface area is 122 Å². The van der Waals surface area contributed by atoms with Crippen molar-refractivity contribution >= 4 is 17.3 Å². The van der Waals surface area contributed by atoms with E-state index in [1.807, 2.05) is 36.9 Å². The van der Waals surface area contributed by atoms with Crippen LogP contribution < -0.4 is 5.32 Å². The first kappa shape index (κ1) is 14.6. The average Bonchev–Trinajstić information content (AvgIpc) is 2.85. The number of halogens is 1. The van der Waals surface area contributed by atoms with E-state index >= 15 is 0 Å². The molecule has 20 heavy (non-hydrogen) atoms. The van der Waals surface area contributed by atoms with Gasteiger partial charge in [-0.3, -0.25) is 10.1 Å². The van der Waals surface area contributed by atoms with E-state index in [1.165, 1.54) is 12.1 Å². The van der Waals surface area contributed by atoms with Gasteiger partial charge in [0.1, 0.15) is 0 Å². The highest BCUT2D eigenvalue weighted by Crippen LogP contribution is 2.25. The lowest BCUT2D eigenvalue weighted by Crippen LogP contribution is -2.17. The van der Waals surface area contributed by atoms with Gasteiger partial charge in [0, 0.05) is 29.0 Å². The molecule has 2 rings (SSSR count). The molecule has 1 N–H and O–H groups in total. The van der Waals surface area contributed by atoms with Crippen molar-refractivity contribution in [1.29, 1.82) is 0 Å². The highest BCUT2D eigenvalue weighted by Gasteiger charge is 2.16. The van der Waals surface area contributed by atoms with Crippen LogP contribution in [0.4, 0.5) is 5.69 Å². The van der Waals surface area contributed by atoms with Gasteiger partial charge in [0.2, 0.25) is 0 Å². The summed E-state index contributed by atoms with van der Waals surface area (Å²) >= 11 is 5.95. The second-order valence-electron chi connectivity index (χ2n) is 4.60. The zero-order chi connectivity index (χ0) is 14.7. The highest BCUT2D eigenvalue weighted by atomic mass is 35.5. The summed E-state index contributed by atoms with van der Waals surface area (Å²) < 4.78 is 1.99. The normalized spacial score (nSPS) is 12.3. The van der Waals surface area contributed by atoms with Crippen molar-refractivity contribution in [2.75, 3.05) is 7.05 Å². The fourth-order valence-electron chi connectivity index (χ4n) is 2.15. The molecule has 1 aromatic heterocycles. The number of hydrogen-bond acceptors (Lipinski definition) is 3. The van der Waals surface area contributed by atoms with Crippen LogP contribution in [0.2, 0.25) is 5.02 Å². The maximum atomic E-state index is 11.1. The molecule has 6 heteroatoms. The van der Waals surface area contributed by atoms with E-state index in [0.29, 0.717) is 17.1 Å². The van der Waals surface area contributed by atoms with E-state index in [4.69, 9.17) is 11.6 Å². The predicted octanol–water partition coefficient (Wildman–Crippen LogP) is 3.38. The van der Waals surface area contributed by atoms with E-state index in [0.717, 1.165) is 5.69 Å². The van der Waals surface area contributed by atoms with Crippen molar-refractivity contribution in [2.24, 2.45) is 0 Å². The van der Waals surface area contributed by atoms with Gasteiger partial charge in [-0.25, -0.2) is 0 Å². The van der Waals surface area contributed by atoms with Gasteiger partial charge in [-0.2, -0.15) is 0 Å². The molecule has 0 amide bonds. The fourth-order valence-corrected chi connectivity index (χ4v) is 2.35. The molecule has 1 unspecified atom stereocenters. The number of benzene rings is 1. The maximum Gasteiger partial charge on any atom is 0.274 e. The third-order valence-electron chi connectivity index (χ3n) is 3.32. The van der Waals surface area contributed by atoms with E-state index < -0.39 is 0 Å². The van der Waals surface area contributed by atoms with Crippen molar-refractivity contribution in [3.63, 3.8) is 0 Å². The molecule has 106 valence electrons. The molecule has 0 saturated heterocycles. The Hall–Kier alpha value is -1.85. The monoisotopic (exact) mass is 293 g/mol. The van der Waals surface area contributed by atoms with Gasteiger partial charge in [-0.15, -0.1) is 0 Å². The maximum absolute atomic E-state index is 11.1. The first-order valence-electron chi connectivity index (χ1n) is 6.28. The van der Waals surface area contributed by atoms with Crippen LogP contribution in [0.3, 0.4) is 0 Å². The molecule has 0 radical (unpaired) electrons. The molecular formula is C14H16ClN3O2. The molecule has 2 aromatic rings. The molecule has 0 spiro atoms. The lowest BCUT2D eigenvalue weighted by atomic mass is 10.1. The quantitative estimate of drug-likeness (QED) is 0.679. The highest BCUT2D eigenvalue weighted by molar-refractivity contribution is 6.30. The van der Waals surface area contributed by atoms with Gasteiger partial charge in [-0.05, 0) is 38.2 Å². The Morgan fingerprint density at radius 1 is 1.45 bits per heavy atom. The summed E-state index contributed by atoms with van der Waals surface area (Å²) in [5, 5.41) is 14.7. The van der Waals surface area contributed by atoms with Crippen LogP contribution in [0.1, 0.15) is 24.2 Å². The molecular weight excluding hydrogens is 278 g/mol. The van der Waals surface area contributed by atoms with Gasteiger partial charge in [-0.1, -0.05) is 11.6 Å². The molecule has 1 heterocycles. The summed E-state index contributed by atoms with van der Waals surface area (Å²) in [7, 11) is 1.88. The standard InChI is InChI=1S/C14H16ClN3O2/c1-10(16-2)13-4-3-7-17(13)9-11-8-12(15)5-6-14(11)18(19)20/h3-8,10,16H,9H2,1-2H3. The second-order valence-corrected chi connectivity index (χ2v) is 5.04. The summed E-state index contributed by atoms with van der Waals surface area (Å²) in [4.78, 5) is 10.7. The Morgan fingerprint density at radius 2 is 2.20 bits per heavy atom. The van der Waals surface area contributed by atoms with Crippen LogP contribution in [0.15, 0.2) is 36.5 Å². The Balaban J connectivity index is 2.37. The summed E-state index contributed by atoms with van der Waals surface area (Å²) in [6.45, 7) is 2.46. The van der Waals surface area contributed by atoms with Crippen LogP contribution in [0.5, 0.6) is 0 Å². The van der Waals surface area contributed by atoms with Crippen molar-refractivity contribution in [3.8, 4) is 0 Å². The molecule has 1 aromatic carbocycles. The Bertz CT molecular complexity index is 625. The van der Waals surface area contributed by atoms with Crippen molar-refractivity contribution in [2.45, 2.75) is 19.5 Å². The van der Waals surface area contributed by atoms with Gasteiger partial charge in [0.05, 0.1) is 17.0 Å². The average molecular weight is 294 g/mol. The first-order chi connectivity index (χ1) is 9.52. The predicted molar refractivity (Wildman–Crippen MR) is 79.1 cm³/mol. The largest absolute Gasteiger partial charge is 0.345 e.